The first kappa shape index (κ1) is 15.9. The van der Waals surface area contributed by atoms with Crippen molar-refractivity contribution in [3.8, 4) is 0 Å². The van der Waals surface area contributed by atoms with E-state index in [1.165, 1.54) is 0 Å². The molecule has 0 aliphatic heterocycles. The van der Waals surface area contributed by atoms with E-state index in [1.807, 2.05) is 20.8 Å². The van der Waals surface area contributed by atoms with Crippen molar-refractivity contribution < 1.29 is 19.1 Å². The van der Waals surface area contributed by atoms with Crippen LogP contribution in [0.25, 0.3) is 0 Å². The second kappa shape index (κ2) is 8.06. The molecule has 0 saturated heterocycles. The van der Waals surface area contributed by atoms with Gasteiger partial charge in [0, 0.05) is 6.42 Å². The Bertz CT molecular complexity index is 245. The maximum Gasteiger partial charge on any atom is 0.319 e. The van der Waals surface area contributed by atoms with Gasteiger partial charge in [-0.25, -0.2) is 0 Å². The lowest BCUT2D eigenvalue weighted by molar-refractivity contribution is -0.154. The van der Waals surface area contributed by atoms with E-state index >= 15 is 0 Å². The fourth-order valence-corrected chi connectivity index (χ4v) is 1.15. The maximum absolute atomic E-state index is 11.3. The zero-order valence-electron chi connectivity index (χ0n) is 11.2. The molecule has 0 aliphatic carbocycles. The Morgan fingerprint density at radius 1 is 1.18 bits per heavy atom. The second-order valence-electron chi connectivity index (χ2n) is 4.67. The number of hydrogen-bond acceptors (Lipinski definition) is 5. The average Bonchev–Trinajstić information content (AvgIpc) is 2.14. The molecule has 0 radical (unpaired) electrons. The molecule has 1 N–H and O–H groups in total. The molecule has 0 aromatic carbocycles. The molecule has 0 heterocycles. The van der Waals surface area contributed by atoms with Crippen molar-refractivity contribution in [2.75, 3.05) is 19.7 Å². The molecule has 0 aliphatic rings. The van der Waals surface area contributed by atoms with Gasteiger partial charge in [-0.15, -0.1) is 0 Å². The Morgan fingerprint density at radius 2 is 1.82 bits per heavy atom. The number of esters is 2. The van der Waals surface area contributed by atoms with Gasteiger partial charge in [-0.3, -0.25) is 9.59 Å². The van der Waals surface area contributed by atoms with Crippen LogP contribution in [0.5, 0.6) is 0 Å². The average molecular weight is 245 g/mol. The topological polar surface area (TPSA) is 64.6 Å². The Labute approximate surface area is 103 Å². The summed E-state index contributed by atoms with van der Waals surface area (Å²) in [6, 6.07) is 0. The highest BCUT2D eigenvalue weighted by Crippen LogP contribution is 2.08. The molecule has 0 saturated carbocycles. The molecule has 5 heteroatoms. The molecule has 0 amide bonds. The van der Waals surface area contributed by atoms with Gasteiger partial charge < -0.3 is 14.8 Å². The summed E-state index contributed by atoms with van der Waals surface area (Å²) < 4.78 is 9.89. The molecule has 0 rings (SSSR count). The summed E-state index contributed by atoms with van der Waals surface area (Å²) in [5.41, 5.74) is -0.435. The fraction of sp³-hybridized carbons (Fsp3) is 0.833. The van der Waals surface area contributed by atoms with E-state index < -0.39 is 5.60 Å². The molecule has 17 heavy (non-hydrogen) atoms. The van der Waals surface area contributed by atoms with Crippen LogP contribution in [-0.2, 0) is 19.1 Å². The fourth-order valence-electron chi connectivity index (χ4n) is 1.15. The Morgan fingerprint density at radius 3 is 2.35 bits per heavy atom. The molecule has 5 nitrogen and oxygen atoms in total. The smallest absolute Gasteiger partial charge is 0.319 e. The van der Waals surface area contributed by atoms with Crippen molar-refractivity contribution in [1.29, 1.82) is 0 Å². The molecule has 100 valence electrons. The molecule has 0 atom stereocenters. The molecule has 0 spiro atoms. The van der Waals surface area contributed by atoms with E-state index in [1.54, 1.807) is 6.92 Å². The minimum Gasteiger partial charge on any atom is -0.465 e. The number of nitrogens with one attached hydrogen (secondary N) is 1. The number of carbonyl (C=O) groups excluding carboxylic acids is 2. The number of ether oxygens (including phenoxy) is 2. The SMILES string of the molecule is CCOC(=O)CNCCCC(=O)OC(C)(C)C. The van der Waals surface area contributed by atoms with Gasteiger partial charge >= 0.3 is 11.9 Å². The van der Waals surface area contributed by atoms with Crippen molar-refractivity contribution in [3.05, 3.63) is 0 Å². The van der Waals surface area contributed by atoms with Crippen LogP contribution >= 0.6 is 0 Å². The summed E-state index contributed by atoms with van der Waals surface area (Å²) in [6.45, 7) is 8.44. The van der Waals surface area contributed by atoms with Crippen LogP contribution in [0.15, 0.2) is 0 Å². The van der Waals surface area contributed by atoms with Crippen LogP contribution in [0, 0.1) is 0 Å². The van der Waals surface area contributed by atoms with Crippen LogP contribution in [-0.4, -0.2) is 37.2 Å². The lowest BCUT2D eigenvalue weighted by Gasteiger charge is -2.19. The monoisotopic (exact) mass is 245 g/mol. The van der Waals surface area contributed by atoms with Crippen molar-refractivity contribution in [2.45, 2.75) is 46.1 Å². The predicted molar refractivity (Wildman–Crippen MR) is 64.6 cm³/mol. The third kappa shape index (κ3) is 11.2. The first-order chi connectivity index (χ1) is 7.85. The van der Waals surface area contributed by atoms with Crippen molar-refractivity contribution in [2.24, 2.45) is 0 Å². The molecule has 0 aromatic rings. The highest BCUT2D eigenvalue weighted by atomic mass is 16.6. The van der Waals surface area contributed by atoms with E-state index in [2.05, 4.69) is 5.32 Å². The first-order valence-corrected chi connectivity index (χ1v) is 5.93. The Balaban J connectivity index is 3.46. The minimum absolute atomic E-state index is 0.183. The number of carbonyl (C=O) groups is 2. The van der Waals surface area contributed by atoms with Crippen LogP contribution < -0.4 is 5.32 Å². The molecule has 0 aromatic heterocycles. The van der Waals surface area contributed by atoms with Gasteiger partial charge in [-0.2, -0.15) is 0 Å². The summed E-state index contributed by atoms with van der Waals surface area (Å²) in [5, 5.41) is 2.91. The van der Waals surface area contributed by atoms with E-state index in [4.69, 9.17) is 9.47 Å². The van der Waals surface area contributed by atoms with Gasteiger partial charge in [0.15, 0.2) is 0 Å². The van der Waals surface area contributed by atoms with E-state index in [0.29, 0.717) is 26.0 Å². The Kier molecular flexibility index (Phi) is 7.54. The number of hydrogen-bond donors (Lipinski definition) is 1. The minimum atomic E-state index is -0.435. The van der Waals surface area contributed by atoms with Gasteiger partial charge in [-0.1, -0.05) is 0 Å². The van der Waals surface area contributed by atoms with Gasteiger partial charge in [0.1, 0.15) is 5.60 Å². The summed E-state index contributed by atoms with van der Waals surface area (Å²) >= 11 is 0. The molecule has 0 bridgehead atoms. The summed E-state index contributed by atoms with van der Waals surface area (Å²) in [5.74, 6) is -0.486. The zero-order valence-corrected chi connectivity index (χ0v) is 11.2. The summed E-state index contributed by atoms with van der Waals surface area (Å²) in [4.78, 5) is 22.3. The van der Waals surface area contributed by atoms with Gasteiger partial charge in [0.25, 0.3) is 0 Å². The van der Waals surface area contributed by atoms with Crippen LogP contribution in [0.1, 0.15) is 40.5 Å². The third-order valence-electron chi connectivity index (χ3n) is 1.73. The normalized spacial score (nSPS) is 11.1. The second-order valence-corrected chi connectivity index (χ2v) is 4.67. The van der Waals surface area contributed by atoms with E-state index in [9.17, 15) is 9.59 Å². The van der Waals surface area contributed by atoms with Crippen molar-refractivity contribution >= 4 is 11.9 Å². The van der Waals surface area contributed by atoms with Crippen LogP contribution in [0.3, 0.4) is 0 Å². The van der Waals surface area contributed by atoms with Crippen LogP contribution in [0.4, 0.5) is 0 Å². The van der Waals surface area contributed by atoms with Gasteiger partial charge in [-0.05, 0) is 40.7 Å². The quantitative estimate of drug-likeness (QED) is 0.540. The maximum atomic E-state index is 11.3. The van der Waals surface area contributed by atoms with E-state index in [0.717, 1.165) is 0 Å². The standard InChI is InChI=1S/C12H23NO4/c1-5-16-11(15)9-13-8-6-7-10(14)17-12(2,3)4/h13H,5-9H2,1-4H3. The van der Waals surface area contributed by atoms with E-state index in [-0.39, 0.29) is 18.5 Å². The van der Waals surface area contributed by atoms with Gasteiger partial charge in [0.05, 0.1) is 13.2 Å². The first-order valence-electron chi connectivity index (χ1n) is 5.93. The number of rotatable bonds is 7. The molecular weight excluding hydrogens is 222 g/mol. The highest BCUT2D eigenvalue weighted by molar-refractivity contribution is 5.71. The zero-order chi connectivity index (χ0) is 13.3. The molecular formula is C12H23NO4. The van der Waals surface area contributed by atoms with Crippen molar-refractivity contribution in [3.63, 3.8) is 0 Å². The van der Waals surface area contributed by atoms with Crippen LogP contribution in [0.2, 0.25) is 0 Å². The van der Waals surface area contributed by atoms with Gasteiger partial charge in [0.2, 0.25) is 0 Å². The predicted octanol–water partition coefficient (Wildman–Crippen LogP) is 1.26. The lowest BCUT2D eigenvalue weighted by Crippen LogP contribution is -2.27. The third-order valence-corrected chi connectivity index (χ3v) is 1.73. The summed E-state index contributed by atoms with van der Waals surface area (Å²) in [7, 11) is 0. The largest absolute Gasteiger partial charge is 0.465 e. The Hall–Kier alpha value is -1.10. The highest BCUT2D eigenvalue weighted by Gasteiger charge is 2.15. The van der Waals surface area contributed by atoms with Crippen molar-refractivity contribution in [1.82, 2.24) is 5.32 Å². The molecule has 0 fully saturated rings. The lowest BCUT2D eigenvalue weighted by atomic mass is 10.2. The molecule has 0 unspecified atom stereocenters. The summed E-state index contributed by atoms with van der Waals surface area (Å²) in [6.07, 6.45) is 1.00.